The molecule has 0 unspecified atom stereocenters. The molecule has 0 fully saturated rings. The first-order chi connectivity index (χ1) is 9.15. The second kappa shape index (κ2) is 6.18. The molecule has 2 N–H and O–H groups in total. The van der Waals surface area contributed by atoms with E-state index in [1.54, 1.807) is 6.08 Å². The predicted octanol–water partition coefficient (Wildman–Crippen LogP) is 1.95. The fraction of sp³-hybridized carbons (Fsp3) is 0.333. The molecule has 0 aliphatic carbocycles. The van der Waals surface area contributed by atoms with Crippen LogP contribution in [0.1, 0.15) is 19.0 Å². The van der Waals surface area contributed by atoms with Crippen LogP contribution in [0.15, 0.2) is 17.7 Å². The van der Waals surface area contributed by atoms with Crippen LogP contribution in [0.5, 0.6) is 0 Å². The maximum atomic E-state index is 11.7. The monoisotopic (exact) mass is 299 g/mol. The molecular weight excluding hydrogens is 286 g/mol. The molecule has 0 radical (unpaired) electrons. The number of nitrogens with one attached hydrogen (secondary N) is 1. The van der Waals surface area contributed by atoms with E-state index in [4.69, 9.17) is 16.7 Å². The highest BCUT2D eigenvalue weighted by molar-refractivity contribution is 7.15. The summed E-state index contributed by atoms with van der Waals surface area (Å²) < 4.78 is 1.82. The standard InChI is InChI=1S/C12H14ClN3O2S/c1-2-8(7-17)14-10(18)4-3-9-11(13)15-12-16(9)5-6-19-12/h3-6,8,17H,2,7H2,1H3,(H,14,18)/b4-3+/t8-/m0/s1. The molecule has 0 aliphatic heterocycles. The third-order valence-corrected chi connectivity index (χ3v) is 3.74. The lowest BCUT2D eigenvalue weighted by Crippen LogP contribution is -2.35. The lowest BCUT2D eigenvalue weighted by atomic mass is 10.2. The van der Waals surface area contributed by atoms with Crippen molar-refractivity contribution >= 4 is 39.9 Å². The number of carbonyl (C=O) groups is 1. The average Bonchev–Trinajstić information content (AvgIpc) is 2.94. The van der Waals surface area contributed by atoms with Crippen molar-refractivity contribution in [3.63, 3.8) is 0 Å². The molecule has 1 atom stereocenters. The topological polar surface area (TPSA) is 66.6 Å². The number of hydrogen-bond donors (Lipinski definition) is 2. The summed E-state index contributed by atoms with van der Waals surface area (Å²) in [4.78, 5) is 16.6. The van der Waals surface area contributed by atoms with Crippen LogP contribution in [-0.4, -0.2) is 33.0 Å². The summed E-state index contributed by atoms with van der Waals surface area (Å²) in [5, 5.41) is 14.0. The second-order valence-corrected chi connectivity index (χ2v) is 5.20. The van der Waals surface area contributed by atoms with Gasteiger partial charge in [-0.1, -0.05) is 18.5 Å². The second-order valence-electron chi connectivity index (χ2n) is 3.97. The van der Waals surface area contributed by atoms with E-state index in [-0.39, 0.29) is 18.6 Å². The number of carbonyl (C=O) groups excluding carboxylic acids is 1. The van der Waals surface area contributed by atoms with Crippen molar-refractivity contribution in [1.29, 1.82) is 0 Å². The molecule has 0 saturated heterocycles. The maximum Gasteiger partial charge on any atom is 0.244 e. The van der Waals surface area contributed by atoms with Crippen LogP contribution < -0.4 is 5.32 Å². The summed E-state index contributed by atoms with van der Waals surface area (Å²) in [5.41, 5.74) is 0.671. The van der Waals surface area contributed by atoms with Crippen LogP contribution in [0.2, 0.25) is 5.15 Å². The first-order valence-corrected chi connectivity index (χ1v) is 7.12. The molecule has 0 bridgehead atoms. The van der Waals surface area contributed by atoms with Crippen LogP contribution in [0, 0.1) is 0 Å². The fourth-order valence-electron chi connectivity index (χ4n) is 1.61. The first kappa shape index (κ1) is 14.0. The van der Waals surface area contributed by atoms with Gasteiger partial charge >= 0.3 is 0 Å². The third-order valence-electron chi connectivity index (χ3n) is 2.71. The number of hydrogen-bond acceptors (Lipinski definition) is 4. The molecule has 5 nitrogen and oxygen atoms in total. The van der Waals surface area contributed by atoms with Gasteiger partial charge < -0.3 is 10.4 Å². The highest BCUT2D eigenvalue weighted by Gasteiger charge is 2.10. The Labute approximate surface area is 119 Å². The van der Waals surface area contributed by atoms with Gasteiger partial charge in [-0.25, -0.2) is 4.98 Å². The van der Waals surface area contributed by atoms with Crippen LogP contribution in [0.25, 0.3) is 11.0 Å². The molecule has 0 spiro atoms. The Hall–Kier alpha value is -1.37. The Balaban J connectivity index is 2.11. The number of aromatic nitrogens is 2. The fourth-order valence-corrected chi connectivity index (χ4v) is 2.61. The van der Waals surface area contributed by atoms with Gasteiger partial charge in [0, 0.05) is 17.7 Å². The van der Waals surface area contributed by atoms with E-state index in [2.05, 4.69) is 10.3 Å². The largest absolute Gasteiger partial charge is 0.394 e. The first-order valence-electron chi connectivity index (χ1n) is 5.86. The average molecular weight is 300 g/mol. The van der Waals surface area contributed by atoms with Gasteiger partial charge in [-0.2, -0.15) is 0 Å². The minimum Gasteiger partial charge on any atom is -0.394 e. The molecule has 2 rings (SSSR count). The van der Waals surface area contributed by atoms with E-state index in [1.165, 1.54) is 17.4 Å². The van der Waals surface area contributed by atoms with E-state index in [1.807, 2.05) is 22.9 Å². The van der Waals surface area contributed by atoms with Gasteiger partial charge in [0.25, 0.3) is 0 Å². The Morgan fingerprint density at radius 1 is 1.74 bits per heavy atom. The maximum absolute atomic E-state index is 11.7. The van der Waals surface area contributed by atoms with Gasteiger partial charge in [0.1, 0.15) is 0 Å². The van der Waals surface area contributed by atoms with E-state index in [9.17, 15) is 4.79 Å². The Kier molecular flexibility index (Phi) is 4.57. The minimum atomic E-state index is -0.262. The number of imidazole rings is 1. The predicted molar refractivity (Wildman–Crippen MR) is 76.4 cm³/mol. The van der Waals surface area contributed by atoms with Crippen molar-refractivity contribution in [2.24, 2.45) is 0 Å². The van der Waals surface area contributed by atoms with Gasteiger partial charge in [-0.05, 0) is 12.5 Å². The van der Waals surface area contributed by atoms with Gasteiger partial charge in [0.15, 0.2) is 10.1 Å². The number of thiazole rings is 1. The van der Waals surface area contributed by atoms with Crippen LogP contribution in [-0.2, 0) is 4.79 Å². The van der Waals surface area contributed by atoms with Crippen molar-refractivity contribution in [2.45, 2.75) is 19.4 Å². The van der Waals surface area contributed by atoms with Crippen molar-refractivity contribution in [3.05, 3.63) is 28.5 Å². The van der Waals surface area contributed by atoms with Crippen LogP contribution in [0.4, 0.5) is 0 Å². The zero-order valence-electron chi connectivity index (χ0n) is 10.3. The zero-order valence-corrected chi connectivity index (χ0v) is 11.9. The Morgan fingerprint density at radius 2 is 2.53 bits per heavy atom. The quantitative estimate of drug-likeness (QED) is 0.829. The SMILES string of the molecule is CC[C@@H](CO)NC(=O)/C=C/c1c(Cl)nc2sccn12. The molecule has 1 amide bonds. The summed E-state index contributed by atoms with van der Waals surface area (Å²) in [6, 6.07) is -0.223. The smallest absolute Gasteiger partial charge is 0.244 e. The molecule has 2 aromatic rings. The molecule has 19 heavy (non-hydrogen) atoms. The molecule has 0 saturated carbocycles. The Bertz CT molecular complexity index is 601. The zero-order chi connectivity index (χ0) is 13.8. The molecular formula is C12H14ClN3O2S. The molecule has 7 heteroatoms. The van der Waals surface area contributed by atoms with Gasteiger partial charge in [-0.3, -0.25) is 9.20 Å². The molecule has 0 aliphatic rings. The molecule has 102 valence electrons. The summed E-state index contributed by atoms with van der Waals surface area (Å²) in [6.45, 7) is 1.83. The van der Waals surface area contributed by atoms with Crippen molar-refractivity contribution in [2.75, 3.05) is 6.61 Å². The minimum absolute atomic E-state index is 0.0711. The molecule has 2 aromatic heterocycles. The number of nitrogens with zero attached hydrogens (tertiary/aromatic N) is 2. The Morgan fingerprint density at radius 3 is 3.21 bits per heavy atom. The lowest BCUT2D eigenvalue weighted by Gasteiger charge is -2.11. The summed E-state index contributed by atoms with van der Waals surface area (Å²) in [7, 11) is 0. The van der Waals surface area contributed by atoms with E-state index in [0.717, 1.165) is 4.96 Å². The van der Waals surface area contributed by atoms with E-state index < -0.39 is 0 Å². The summed E-state index contributed by atoms with van der Waals surface area (Å²) in [5.74, 6) is -0.262. The van der Waals surface area contributed by atoms with Gasteiger partial charge in [-0.15, -0.1) is 11.3 Å². The van der Waals surface area contributed by atoms with E-state index in [0.29, 0.717) is 17.3 Å². The van der Waals surface area contributed by atoms with Gasteiger partial charge in [0.05, 0.1) is 18.3 Å². The number of rotatable bonds is 5. The van der Waals surface area contributed by atoms with Crippen LogP contribution in [0.3, 0.4) is 0 Å². The summed E-state index contributed by atoms with van der Waals surface area (Å²) in [6.07, 6.45) is 5.54. The third kappa shape index (κ3) is 3.15. The lowest BCUT2D eigenvalue weighted by molar-refractivity contribution is -0.117. The van der Waals surface area contributed by atoms with Crippen LogP contribution >= 0.6 is 22.9 Å². The normalized spacial score (nSPS) is 13.2. The van der Waals surface area contributed by atoms with Crippen molar-refractivity contribution in [3.8, 4) is 0 Å². The summed E-state index contributed by atoms with van der Waals surface area (Å²) >= 11 is 7.48. The van der Waals surface area contributed by atoms with Crippen molar-refractivity contribution < 1.29 is 9.90 Å². The number of halogens is 1. The van der Waals surface area contributed by atoms with Gasteiger partial charge in [0.2, 0.25) is 5.91 Å². The van der Waals surface area contributed by atoms with Crippen molar-refractivity contribution in [1.82, 2.24) is 14.7 Å². The number of aliphatic hydroxyl groups excluding tert-OH is 1. The number of amides is 1. The molecule has 2 heterocycles. The highest BCUT2D eigenvalue weighted by Crippen LogP contribution is 2.22. The number of aliphatic hydroxyl groups is 1. The molecule has 0 aromatic carbocycles. The van der Waals surface area contributed by atoms with E-state index >= 15 is 0 Å². The highest BCUT2D eigenvalue weighted by atomic mass is 35.5. The number of fused-ring (bicyclic) bond motifs is 1.